The second kappa shape index (κ2) is 8.06. The highest BCUT2D eigenvalue weighted by Crippen LogP contribution is 2.57. The van der Waals surface area contributed by atoms with Crippen LogP contribution in [0.2, 0.25) is 0 Å². The van der Waals surface area contributed by atoms with E-state index >= 15 is 0 Å². The van der Waals surface area contributed by atoms with E-state index in [4.69, 9.17) is 9.47 Å². The molecule has 1 unspecified atom stereocenters. The Morgan fingerprint density at radius 3 is 2.47 bits per heavy atom. The molecule has 2 aromatic carbocycles. The first-order chi connectivity index (χ1) is 16.0. The normalized spacial score (nSPS) is 20.2. The number of carbonyl (C=O) groups is 3. The van der Waals surface area contributed by atoms with Crippen LogP contribution >= 0.6 is 0 Å². The molecular weight excluding hydrogens is 438 g/mol. The molecule has 3 N–H and O–H groups in total. The van der Waals surface area contributed by atoms with Gasteiger partial charge < -0.3 is 25.0 Å². The van der Waals surface area contributed by atoms with Crippen molar-refractivity contribution in [2.75, 3.05) is 7.11 Å². The summed E-state index contributed by atoms with van der Waals surface area (Å²) in [5.74, 6) is -1.85. The van der Waals surface area contributed by atoms with Gasteiger partial charge in [0.05, 0.1) is 18.2 Å². The molecule has 0 saturated heterocycles. The molecule has 0 bridgehead atoms. The largest absolute Gasteiger partial charge is 0.507 e. The molecule has 1 atom stereocenters. The number of phenolic OH excluding ortho intramolecular Hbond substituents is 2. The molecule has 0 amide bonds. The molecule has 2 aromatic rings. The number of aromatic hydroxyl groups is 2. The zero-order valence-corrected chi connectivity index (χ0v) is 19.5. The number of fused-ring (bicyclic) bond motifs is 3. The predicted octanol–water partition coefficient (Wildman–Crippen LogP) is 3.37. The molecule has 176 valence electrons. The SMILES string of the molecule is COc1ccccc1CNC(C)=C1C(=O)C=C2Oc3c(C(C)=O)c(O)c(C)c(O)c3C2(C)C1=O. The summed E-state index contributed by atoms with van der Waals surface area (Å²) < 4.78 is 11.1. The molecule has 0 saturated carbocycles. The van der Waals surface area contributed by atoms with Crippen molar-refractivity contribution in [3.8, 4) is 23.0 Å². The van der Waals surface area contributed by atoms with E-state index in [1.165, 1.54) is 26.8 Å². The lowest BCUT2D eigenvalue weighted by Gasteiger charge is -2.29. The van der Waals surface area contributed by atoms with Gasteiger partial charge in [0.1, 0.15) is 39.7 Å². The predicted molar refractivity (Wildman–Crippen MR) is 123 cm³/mol. The summed E-state index contributed by atoms with van der Waals surface area (Å²) in [5, 5.41) is 24.4. The molecule has 1 aliphatic carbocycles. The highest BCUT2D eigenvalue weighted by atomic mass is 16.5. The molecule has 1 aliphatic heterocycles. The Bertz CT molecular complexity index is 1340. The minimum absolute atomic E-state index is 0.00146. The molecular formula is C26H25NO7. The van der Waals surface area contributed by atoms with Gasteiger partial charge in [-0.2, -0.15) is 0 Å². The van der Waals surface area contributed by atoms with Gasteiger partial charge in [-0.25, -0.2) is 0 Å². The van der Waals surface area contributed by atoms with Crippen molar-refractivity contribution >= 4 is 17.3 Å². The fraction of sp³-hybridized carbons (Fsp3) is 0.269. The van der Waals surface area contributed by atoms with Gasteiger partial charge in [-0.05, 0) is 33.8 Å². The minimum Gasteiger partial charge on any atom is -0.507 e. The highest BCUT2D eigenvalue weighted by Gasteiger charge is 2.56. The van der Waals surface area contributed by atoms with Crippen LogP contribution in [0, 0.1) is 6.92 Å². The Labute approximate surface area is 196 Å². The zero-order valence-electron chi connectivity index (χ0n) is 19.5. The monoisotopic (exact) mass is 463 g/mol. The number of phenols is 2. The molecule has 0 fully saturated rings. The molecule has 0 aromatic heterocycles. The molecule has 1 heterocycles. The summed E-state index contributed by atoms with van der Waals surface area (Å²) in [6, 6.07) is 7.38. The third kappa shape index (κ3) is 3.17. The maximum absolute atomic E-state index is 13.8. The lowest BCUT2D eigenvalue weighted by atomic mass is 9.70. The number of rotatable bonds is 5. The van der Waals surface area contributed by atoms with Crippen molar-refractivity contribution in [1.29, 1.82) is 0 Å². The fourth-order valence-corrected chi connectivity index (χ4v) is 4.53. The number of nitrogens with one attached hydrogen (secondary N) is 1. The van der Waals surface area contributed by atoms with Crippen LogP contribution in [0.1, 0.15) is 47.8 Å². The van der Waals surface area contributed by atoms with Crippen LogP contribution < -0.4 is 14.8 Å². The van der Waals surface area contributed by atoms with Gasteiger partial charge >= 0.3 is 0 Å². The van der Waals surface area contributed by atoms with Crippen molar-refractivity contribution in [3.05, 3.63) is 69.6 Å². The molecule has 34 heavy (non-hydrogen) atoms. The van der Waals surface area contributed by atoms with E-state index in [1.807, 2.05) is 24.3 Å². The average Bonchev–Trinajstić information content (AvgIpc) is 3.09. The number of hydrogen-bond acceptors (Lipinski definition) is 8. The number of methoxy groups -OCH3 is 1. The van der Waals surface area contributed by atoms with Crippen molar-refractivity contribution in [2.24, 2.45) is 0 Å². The lowest BCUT2D eigenvalue weighted by molar-refractivity contribution is -0.123. The van der Waals surface area contributed by atoms with Gasteiger partial charge in [0.25, 0.3) is 0 Å². The van der Waals surface area contributed by atoms with E-state index < -0.39 is 28.5 Å². The quantitative estimate of drug-likeness (QED) is 0.351. The van der Waals surface area contributed by atoms with Crippen molar-refractivity contribution in [1.82, 2.24) is 5.32 Å². The maximum Gasteiger partial charge on any atom is 0.194 e. The number of para-hydroxylation sites is 1. The Hall–Kier alpha value is -4.07. The fourth-order valence-electron chi connectivity index (χ4n) is 4.53. The van der Waals surface area contributed by atoms with Gasteiger partial charge in [-0.3, -0.25) is 14.4 Å². The number of allylic oxidation sites excluding steroid dienone is 4. The number of benzene rings is 2. The van der Waals surface area contributed by atoms with Crippen molar-refractivity contribution in [3.63, 3.8) is 0 Å². The molecule has 0 radical (unpaired) electrons. The first kappa shape index (κ1) is 23.1. The molecule has 8 heteroatoms. The summed E-state index contributed by atoms with van der Waals surface area (Å²) in [6.07, 6.45) is 1.20. The zero-order chi connectivity index (χ0) is 24.9. The van der Waals surface area contributed by atoms with Gasteiger partial charge in [0.2, 0.25) is 0 Å². The maximum atomic E-state index is 13.8. The smallest absolute Gasteiger partial charge is 0.194 e. The number of ketones is 3. The van der Waals surface area contributed by atoms with Crippen LogP contribution in [0.15, 0.2) is 47.4 Å². The van der Waals surface area contributed by atoms with Gasteiger partial charge in [0.15, 0.2) is 17.3 Å². The Kier molecular flexibility index (Phi) is 5.47. The third-order valence-electron chi connectivity index (χ3n) is 6.50. The van der Waals surface area contributed by atoms with E-state index in [9.17, 15) is 24.6 Å². The van der Waals surface area contributed by atoms with E-state index in [0.29, 0.717) is 18.0 Å². The molecule has 2 aliphatic rings. The summed E-state index contributed by atoms with van der Waals surface area (Å²) in [6.45, 7) is 6.16. The topological polar surface area (TPSA) is 122 Å². The highest BCUT2D eigenvalue weighted by molar-refractivity contribution is 6.31. The Balaban J connectivity index is 1.82. The summed E-state index contributed by atoms with van der Waals surface area (Å²) in [4.78, 5) is 39.0. The number of Topliss-reactive ketones (excluding diaryl/α,β-unsaturated/α-hetero) is 2. The molecule has 8 nitrogen and oxygen atoms in total. The first-order valence-electron chi connectivity index (χ1n) is 10.7. The van der Waals surface area contributed by atoms with Crippen molar-refractivity contribution < 1.29 is 34.1 Å². The van der Waals surface area contributed by atoms with Gasteiger partial charge in [-0.1, -0.05) is 18.2 Å². The van der Waals surface area contributed by atoms with Crippen LogP contribution in [-0.4, -0.2) is 34.7 Å². The van der Waals surface area contributed by atoms with Crippen LogP contribution in [0.5, 0.6) is 23.0 Å². The number of ether oxygens (including phenoxy) is 2. The van der Waals surface area contributed by atoms with Crippen LogP contribution in [0.4, 0.5) is 0 Å². The second-order valence-electron chi connectivity index (χ2n) is 8.55. The van der Waals surface area contributed by atoms with Crippen LogP contribution in [-0.2, 0) is 21.5 Å². The summed E-state index contributed by atoms with van der Waals surface area (Å²) in [7, 11) is 1.56. The van der Waals surface area contributed by atoms with Crippen LogP contribution in [0.3, 0.4) is 0 Å². The Morgan fingerprint density at radius 2 is 1.82 bits per heavy atom. The molecule has 0 spiro atoms. The second-order valence-corrected chi connectivity index (χ2v) is 8.55. The van der Waals surface area contributed by atoms with E-state index in [0.717, 1.165) is 5.56 Å². The first-order valence-corrected chi connectivity index (χ1v) is 10.7. The van der Waals surface area contributed by atoms with E-state index in [-0.39, 0.29) is 39.5 Å². The van der Waals surface area contributed by atoms with Gasteiger partial charge in [-0.15, -0.1) is 0 Å². The Morgan fingerprint density at radius 1 is 1.15 bits per heavy atom. The van der Waals surface area contributed by atoms with E-state index in [1.54, 1.807) is 14.0 Å². The number of hydrogen-bond donors (Lipinski definition) is 3. The van der Waals surface area contributed by atoms with Gasteiger partial charge in [0, 0.05) is 29.4 Å². The molecule has 4 rings (SSSR count). The summed E-state index contributed by atoms with van der Waals surface area (Å²) >= 11 is 0. The lowest BCUT2D eigenvalue weighted by Crippen LogP contribution is -2.41. The standard InChI is InChI=1S/C26H25NO7/c1-12-22(30)20(14(3)28)24-21(23(12)31)26(4)18(34-24)10-16(29)19(25(26)32)13(2)27-11-15-8-6-7-9-17(15)33-5/h6-10,27,30-31H,11H2,1-5H3. The number of carbonyl (C=O) groups excluding carboxylic acids is 3. The summed E-state index contributed by atoms with van der Waals surface area (Å²) in [5.41, 5.74) is -0.451. The minimum atomic E-state index is -1.54. The van der Waals surface area contributed by atoms with Crippen molar-refractivity contribution in [2.45, 2.75) is 39.7 Å². The van der Waals surface area contributed by atoms with Crippen LogP contribution in [0.25, 0.3) is 0 Å². The van der Waals surface area contributed by atoms with E-state index in [2.05, 4.69) is 5.32 Å². The third-order valence-corrected chi connectivity index (χ3v) is 6.50. The average molecular weight is 463 g/mol.